The Hall–Kier alpha value is -0.0400. The van der Waals surface area contributed by atoms with Gasteiger partial charge >= 0.3 is 0 Å². The van der Waals surface area contributed by atoms with Gasteiger partial charge in [-0.3, -0.25) is 0 Å². The minimum absolute atomic E-state index is 0.369. The largest absolute Gasteiger partial charge is 0.301 e. The highest BCUT2D eigenvalue weighted by atomic mass is 15.2. The average molecular weight is 410 g/mol. The van der Waals surface area contributed by atoms with Crippen LogP contribution >= 0.6 is 0 Å². The Balaban J connectivity index is 3.14. The topological polar surface area (TPSA) is 3.24 Å². The molecule has 0 saturated heterocycles. The van der Waals surface area contributed by atoms with Crippen LogP contribution in [-0.2, 0) is 0 Å². The first kappa shape index (κ1) is 29.0. The van der Waals surface area contributed by atoms with Crippen LogP contribution in [0, 0.1) is 0 Å². The molecule has 0 aromatic carbocycles. The zero-order valence-electron chi connectivity index (χ0n) is 21.5. The van der Waals surface area contributed by atoms with Crippen LogP contribution in [0.1, 0.15) is 163 Å². The van der Waals surface area contributed by atoms with Crippen molar-refractivity contribution in [3.8, 4) is 0 Å². The first-order valence-electron chi connectivity index (χ1n) is 13.8. The summed E-state index contributed by atoms with van der Waals surface area (Å²) in [6, 6.07) is 0. The highest BCUT2D eigenvalue weighted by molar-refractivity contribution is 4.76. The number of hydrogen-bond acceptors (Lipinski definition) is 1. The maximum absolute atomic E-state index is 2.54. The molecule has 0 aliphatic heterocycles. The van der Waals surface area contributed by atoms with Gasteiger partial charge in [-0.15, -0.1) is 0 Å². The summed E-state index contributed by atoms with van der Waals surface area (Å²) in [4.78, 5) is 2.54. The van der Waals surface area contributed by atoms with E-state index in [9.17, 15) is 0 Å². The lowest BCUT2D eigenvalue weighted by Crippen LogP contribution is -2.40. The molecule has 0 fully saturated rings. The molecule has 0 aliphatic carbocycles. The molecule has 0 aromatic rings. The van der Waals surface area contributed by atoms with Crippen LogP contribution in [0.5, 0.6) is 0 Å². The molecule has 0 saturated carbocycles. The van der Waals surface area contributed by atoms with Crippen molar-refractivity contribution in [2.75, 3.05) is 13.6 Å². The molecule has 29 heavy (non-hydrogen) atoms. The van der Waals surface area contributed by atoms with E-state index in [0.717, 1.165) is 0 Å². The van der Waals surface area contributed by atoms with E-state index in [2.05, 4.69) is 39.6 Å². The molecule has 176 valence electrons. The SMILES string of the molecule is CCCCCCCCCCCCCCCCCCCCCCN(C)C(C)(C)CC. The van der Waals surface area contributed by atoms with Crippen molar-refractivity contribution < 1.29 is 0 Å². The van der Waals surface area contributed by atoms with Crippen LogP contribution in [0.15, 0.2) is 0 Å². The van der Waals surface area contributed by atoms with E-state index in [1.807, 2.05) is 0 Å². The summed E-state index contributed by atoms with van der Waals surface area (Å²) in [5, 5.41) is 0. The van der Waals surface area contributed by atoms with Gasteiger partial charge in [0.05, 0.1) is 0 Å². The van der Waals surface area contributed by atoms with Gasteiger partial charge < -0.3 is 4.90 Å². The molecule has 1 nitrogen and oxygen atoms in total. The lowest BCUT2D eigenvalue weighted by molar-refractivity contribution is 0.148. The highest BCUT2D eigenvalue weighted by Gasteiger charge is 2.19. The third kappa shape index (κ3) is 19.7. The quantitative estimate of drug-likeness (QED) is 0.152. The highest BCUT2D eigenvalue weighted by Crippen LogP contribution is 2.18. The molecule has 0 unspecified atom stereocenters. The third-order valence-electron chi connectivity index (χ3n) is 7.25. The van der Waals surface area contributed by atoms with Gasteiger partial charge in [0.1, 0.15) is 0 Å². The Kier molecular flexibility index (Phi) is 21.2. The van der Waals surface area contributed by atoms with Crippen molar-refractivity contribution in [3.05, 3.63) is 0 Å². The van der Waals surface area contributed by atoms with Crippen molar-refractivity contribution in [3.63, 3.8) is 0 Å². The first-order valence-corrected chi connectivity index (χ1v) is 13.8. The zero-order chi connectivity index (χ0) is 21.6. The van der Waals surface area contributed by atoms with Crippen LogP contribution in [0.25, 0.3) is 0 Å². The Labute approximate surface area is 186 Å². The van der Waals surface area contributed by atoms with Gasteiger partial charge in [-0.2, -0.15) is 0 Å². The van der Waals surface area contributed by atoms with E-state index in [-0.39, 0.29) is 0 Å². The molecule has 0 amide bonds. The summed E-state index contributed by atoms with van der Waals surface area (Å²) in [5.74, 6) is 0. The van der Waals surface area contributed by atoms with E-state index >= 15 is 0 Å². The first-order chi connectivity index (χ1) is 14.0. The zero-order valence-corrected chi connectivity index (χ0v) is 21.5. The molecule has 0 heterocycles. The summed E-state index contributed by atoms with van der Waals surface area (Å²) < 4.78 is 0. The molecule has 1 heteroatoms. The van der Waals surface area contributed by atoms with E-state index in [0.29, 0.717) is 5.54 Å². The number of hydrogen-bond donors (Lipinski definition) is 0. The fourth-order valence-electron chi connectivity index (χ4n) is 4.18. The Bertz CT molecular complexity index is 309. The molecule has 0 atom stereocenters. The molecule has 0 bridgehead atoms. The predicted octanol–water partition coefficient (Wildman–Crippen LogP) is 9.93. The normalized spacial score (nSPS) is 12.2. The fraction of sp³-hybridized carbons (Fsp3) is 1.00. The van der Waals surface area contributed by atoms with Crippen molar-refractivity contribution in [2.24, 2.45) is 0 Å². The van der Waals surface area contributed by atoms with Crippen molar-refractivity contribution >= 4 is 0 Å². The lowest BCUT2D eigenvalue weighted by Gasteiger charge is -2.34. The van der Waals surface area contributed by atoms with Crippen LogP contribution < -0.4 is 0 Å². The van der Waals surface area contributed by atoms with E-state index in [1.165, 1.54) is 141 Å². The summed E-state index contributed by atoms with van der Waals surface area (Å²) in [5.41, 5.74) is 0.369. The second kappa shape index (κ2) is 21.2. The maximum atomic E-state index is 2.54. The number of nitrogens with zero attached hydrogens (tertiary/aromatic N) is 1. The van der Waals surface area contributed by atoms with Crippen molar-refractivity contribution in [2.45, 2.75) is 168 Å². The molecule has 0 N–H and O–H groups in total. The molecule has 0 rings (SSSR count). The molecule has 0 aliphatic rings. The van der Waals surface area contributed by atoms with Gasteiger partial charge in [-0.25, -0.2) is 0 Å². The summed E-state index contributed by atoms with van der Waals surface area (Å²) in [7, 11) is 2.29. The molecule has 0 aromatic heterocycles. The van der Waals surface area contributed by atoms with E-state index in [4.69, 9.17) is 0 Å². The van der Waals surface area contributed by atoms with E-state index < -0.39 is 0 Å². The molecular formula is C28H59N. The van der Waals surface area contributed by atoms with Gasteiger partial charge in [0.25, 0.3) is 0 Å². The Morgan fingerprint density at radius 2 is 0.724 bits per heavy atom. The Morgan fingerprint density at radius 1 is 0.448 bits per heavy atom. The second-order valence-electron chi connectivity index (χ2n) is 10.3. The minimum atomic E-state index is 0.369. The summed E-state index contributed by atoms with van der Waals surface area (Å²) >= 11 is 0. The minimum Gasteiger partial charge on any atom is -0.301 e. The Morgan fingerprint density at radius 3 is 1.00 bits per heavy atom. The summed E-state index contributed by atoms with van der Waals surface area (Å²) in [6.45, 7) is 10.6. The van der Waals surface area contributed by atoms with Gasteiger partial charge in [0.15, 0.2) is 0 Å². The van der Waals surface area contributed by atoms with Crippen molar-refractivity contribution in [1.29, 1.82) is 0 Å². The van der Waals surface area contributed by atoms with Gasteiger partial charge in [-0.05, 0) is 40.3 Å². The lowest BCUT2D eigenvalue weighted by atomic mass is 9.99. The second-order valence-corrected chi connectivity index (χ2v) is 10.3. The smallest absolute Gasteiger partial charge is 0.0147 e. The maximum Gasteiger partial charge on any atom is 0.0147 e. The number of rotatable bonds is 23. The van der Waals surface area contributed by atoms with Gasteiger partial charge in [0.2, 0.25) is 0 Å². The number of unbranched alkanes of at least 4 members (excludes halogenated alkanes) is 19. The monoisotopic (exact) mass is 409 g/mol. The van der Waals surface area contributed by atoms with Crippen molar-refractivity contribution in [1.82, 2.24) is 4.90 Å². The van der Waals surface area contributed by atoms with Crippen LogP contribution in [-0.4, -0.2) is 24.0 Å². The van der Waals surface area contributed by atoms with Gasteiger partial charge in [0, 0.05) is 5.54 Å². The fourth-order valence-corrected chi connectivity index (χ4v) is 4.18. The molecule has 0 radical (unpaired) electrons. The van der Waals surface area contributed by atoms with Crippen LogP contribution in [0.3, 0.4) is 0 Å². The van der Waals surface area contributed by atoms with E-state index in [1.54, 1.807) is 0 Å². The predicted molar refractivity (Wildman–Crippen MR) is 135 cm³/mol. The standard InChI is InChI=1S/C28H59N/c1-6-8-9-10-11-12-13-14-15-16-17-18-19-20-21-22-23-24-25-26-27-29(5)28(3,4)7-2/h6-27H2,1-5H3. The molecule has 0 spiro atoms. The van der Waals surface area contributed by atoms with Gasteiger partial charge in [-0.1, -0.05) is 136 Å². The average Bonchev–Trinajstić information content (AvgIpc) is 2.72. The summed E-state index contributed by atoms with van der Waals surface area (Å²) in [6.07, 6.45) is 30.5. The third-order valence-corrected chi connectivity index (χ3v) is 7.25. The van der Waals surface area contributed by atoms with Crippen LogP contribution in [0.4, 0.5) is 0 Å². The molecular weight excluding hydrogens is 350 g/mol. The van der Waals surface area contributed by atoms with Crippen LogP contribution in [0.2, 0.25) is 0 Å².